The molecular weight excluding hydrogens is 406 g/mol. The van der Waals surface area contributed by atoms with E-state index in [1.807, 2.05) is 41.8 Å². The molecule has 2 fully saturated rings. The molecule has 2 saturated carbocycles. The fourth-order valence-corrected chi connectivity index (χ4v) is 5.49. The van der Waals surface area contributed by atoms with Crippen molar-refractivity contribution >= 4 is 28.8 Å². The van der Waals surface area contributed by atoms with E-state index in [9.17, 15) is 9.59 Å². The molecule has 0 aliphatic heterocycles. The highest BCUT2D eigenvalue weighted by atomic mass is 32.1. The van der Waals surface area contributed by atoms with Gasteiger partial charge in [-0.05, 0) is 67.7 Å². The number of nitrogens with zero attached hydrogens (tertiary/aromatic N) is 1. The van der Waals surface area contributed by atoms with Crippen molar-refractivity contribution in [3.8, 4) is 0 Å². The van der Waals surface area contributed by atoms with Gasteiger partial charge in [-0.3, -0.25) is 9.59 Å². The summed E-state index contributed by atoms with van der Waals surface area (Å²) in [6.07, 6.45) is 9.60. The molecule has 6 heteroatoms. The van der Waals surface area contributed by atoms with Crippen molar-refractivity contribution in [2.45, 2.75) is 76.4 Å². The number of nitrogens with one attached hydrogen (secondary N) is 1. The molecule has 0 saturated heterocycles. The summed E-state index contributed by atoms with van der Waals surface area (Å²) in [5.74, 6) is 0.416. The Balaban J connectivity index is 1.44. The summed E-state index contributed by atoms with van der Waals surface area (Å²) in [5.41, 5.74) is 8.00. The van der Waals surface area contributed by atoms with Crippen molar-refractivity contribution < 1.29 is 9.59 Å². The third-order valence-corrected chi connectivity index (χ3v) is 7.60. The average molecular weight is 440 g/mol. The summed E-state index contributed by atoms with van der Waals surface area (Å²) in [6, 6.07) is 12.2. The second-order valence-electron chi connectivity index (χ2n) is 9.00. The molecule has 2 aliphatic rings. The second-order valence-corrected chi connectivity index (χ2v) is 9.95. The Kier molecular flexibility index (Phi) is 7.41. The van der Waals surface area contributed by atoms with Crippen molar-refractivity contribution in [1.82, 2.24) is 4.90 Å². The first kappa shape index (κ1) is 22.0. The molecule has 0 unspecified atom stereocenters. The van der Waals surface area contributed by atoms with Gasteiger partial charge in [0.25, 0.3) is 5.91 Å². The zero-order chi connectivity index (χ0) is 21.6. The van der Waals surface area contributed by atoms with E-state index in [4.69, 9.17) is 5.73 Å². The van der Waals surface area contributed by atoms with Crippen LogP contribution in [0.2, 0.25) is 0 Å². The first-order chi connectivity index (χ1) is 15.1. The Bertz CT molecular complexity index is 851. The van der Waals surface area contributed by atoms with Gasteiger partial charge < -0.3 is 16.0 Å². The van der Waals surface area contributed by atoms with E-state index >= 15 is 0 Å². The van der Waals surface area contributed by atoms with Gasteiger partial charge in [0.05, 0.1) is 4.88 Å². The van der Waals surface area contributed by atoms with Gasteiger partial charge in [-0.2, -0.15) is 0 Å². The summed E-state index contributed by atoms with van der Waals surface area (Å²) in [7, 11) is 0. The lowest BCUT2D eigenvalue weighted by Gasteiger charge is -2.39. The lowest BCUT2D eigenvalue weighted by atomic mass is 9.85. The molecule has 5 nitrogen and oxygen atoms in total. The molecule has 1 aromatic carbocycles. The van der Waals surface area contributed by atoms with E-state index in [2.05, 4.69) is 10.2 Å². The zero-order valence-corrected chi connectivity index (χ0v) is 18.9. The largest absolute Gasteiger partial charge is 0.335 e. The molecule has 31 heavy (non-hydrogen) atoms. The van der Waals surface area contributed by atoms with Crippen molar-refractivity contribution in [3.63, 3.8) is 0 Å². The quantitative estimate of drug-likeness (QED) is 0.651. The Morgan fingerprint density at radius 1 is 0.968 bits per heavy atom. The maximum Gasteiger partial charge on any atom is 0.265 e. The van der Waals surface area contributed by atoms with Gasteiger partial charge in [0.15, 0.2) is 0 Å². The van der Waals surface area contributed by atoms with E-state index in [0.717, 1.165) is 49.8 Å². The predicted molar refractivity (Wildman–Crippen MR) is 126 cm³/mol. The van der Waals surface area contributed by atoms with Crippen molar-refractivity contribution in [2.24, 2.45) is 11.7 Å². The van der Waals surface area contributed by atoms with Crippen molar-refractivity contribution in [3.05, 3.63) is 52.2 Å². The molecule has 1 aromatic heterocycles. The predicted octanol–water partition coefficient (Wildman–Crippen LogP) is 5.18. The third-order valence-electron chi connectivity index (χ3n) is 6.73. The molecule has 2 aromatic rings. The SMILES string of the molecule is NC1CCC(N(Cc2ccc(NC(=O)c3cccs3)cc2)C(=O)C2CCCCC2)CC1. The van der Waals surface area contributed by atoms with Gasteiger partial charge in [-0.25, -0.2) is 0 Å². The standard InChI is InChI=1S/C25H33N3O2S/c26-20-10-14-22(15-11-20)28(25(30)19-5-2-1-3-6-19)17-18-8-12-21(13-9-18)27-24(29)23-7-4-16-31-23/h4,7-9,12-13,16,19-20,22H,1-3,5-6,10-11,14-15,17,26H2,(H,27,29). The Morgan fingerprint density at radius 3 is 2.32 bits per heavy atom. The molecule has 4 rings (SSSR count). The van der Waals surface area contributed by atoms with Crippen LogP contribution in [0.4, 0.5) is 5.69 Å². The Morgan fingerprint density at radius 2 is 1.68 bits per heavy atom. The number of carbonyl (C=O) groups is 2. The molecule has 2 aliphatic carbocycles. The lowest BCUT2D eigenvalue weighted by Crippen LogP contribution is -2.46. The number of rotatable bonds is 6. The third kappa shape index (κ3) is 5.74. The number of benzene rings is 1. The van der Waals surface area contributed by atoms with E-state index < -0.39 is 0 Å². The fraction of sp³-hybridized carbons (Fsp3) is 0.520. The Hall–Kier alpha value is -2.18. The number of carbonyl (C=O) groups excluding carboxylic acids is 2. The van der Waals surface area contributed by atoms with Gasteiger partial charge in [-0.1, -0.05) is 37.5 Å². The maximum atomic E-state index is 13.5. The minimum atomic E-state index is -0.0876. The van der Waals surface area contributed by atoms with Gasteiger partial charge in [0.2, 0.25) is 5.91 Å². The minimum Gasteiger partial charge on any atom is -0.335 e. The van der Waals surface area contributed by atoms with Gasteiger partial charge in [0, 0.05) is 30.2 Å². The van der Waals surface area contributed by atoms with Crippen LogP contribution in [-0.4, -0.2) is 28.8 Å². The van der Waals surface area contributed by atoms with Crippen LogP contribution >= 0.6 is 11.3 Å². The highest BCUT2D eigenvalue weighted by molar-refractivity contribution is 7.12. The number of amides is 2. The first-order valence-corrected chi connectivity index (χ1v) is 12.5. The molecule has 0 bridgehead atoms. The lowest BCUT2D eigenvalue weighted by molar-refractivity contribution is -0.140. The fourth-order valence-electron chi connectivity index (χ4n) is 4.87. The maximum absolute atomic E-state index is 13.5. The average Bonchev–Trinajstić information content (AvgIpc) is 3.35. The summed E-state index contributed by atoms with van der Waals surface area (Å²) >= 11 is 1.43. The molecule has 166 valence electrons. The molecular formula is C25H33N3O2S. The van der Waals surface area contributed by atoms with Crippen LogP contribution < -0.4 is 11.1 Å². The highest BCUT2D eigenvalue weighted by Crippen LogP contribution is 2.30. The van der Waals surface area contributed by atoms with Crippen molar-refractivity contribution in [1.29, 1.82) is 0 Å². The van der Waals surface area contributed by atoms with Crippen LogP contribution in [0.15, 0.2) is 41.8 Å². The summed E-state index contributed by atoms with van der Waals surface area (Å²) < 4.78 is 0. The van der Waals surface area contributed by atoms with Crippen LogP contribution in [0, 0.1) is 5.92 Å². The van der Waals surface area contributed by atoms with Gasteiger partial charge in [0.1, 0.15) is 0 Å². The topological polar surface area (TPSA) is 75.4 Å². The molecule has 0 atom stereocenters. The molecule has 2 amide bonds. The van der Waals surface area contributed by atoms with Gasteiger partial charge in [-0.15, -0.1) is 11.3 Å². The zero-order valence-electron chi connectivity index (χ0n) is 18.1. The van der Waals surface area contributed by atoms with Crippen LogP contribution in [0.25, 0.3) is 0 Å². The molecule has 0 radical (unpaired) electrons. The smallest absolute Gasteiger partial charge is 0.265 e. The number of hydrogen-bond donors (Lipinski definition) is 2. The van der Waals surface area contributed by atoms with Crippen LogP contribution in [0.5, 0.6) is 0 Å². The number of nitrogens with two attached hydrogens (primary N) is 1. The Labute approximate surface area is 189 Å². The van der Waals surface area contributed by atoms with E-state index in [1.165, 1.54) is 30.6 Å². The van der Waals surface area contributed by atoms with Crippen LogP contribution in [0.3, 0.4) is 0 Å². The normalized spacial score (nSPS) is 22.1. The summed E-state index contributed by atoms with van der Waals surface area (Å²) in [5, 5.41) is 4.84. The molecule has 1 heterocycles. The van der Waals surface area contributed by atoms with Gasteiger partial charge >= 0.3 is 0 Å². The van der Waals surface area contributed by atoms with Crippen molar-refractivity contribution in [2.75, 3.05) is 5.32 Å². The van der Waals surface area contributed by atoms with E-state index in [-0.39, 0.29) is 23.9 Å². The number of thiophene rings is 1. The van der Waals surface area contributed by atoms with E-state index in [1.54, 1.807) is 0 Å². The first-order valence-electron chi connectivity index (χ1n) is 11.6. The highest BCUT2D eigenvalue weighted by Gasteiger charge is 2.32. The summed E-state index contributed by atoms with van der Waals surface area (Å²) in [6.45, 7) is 0.633. The van der Waals surface area contributed by atoms with E-state index in [0.29, 0.717) is 17.3 Å². The monoisotopic (exact) mass is 439 g/mol. The molecule has 0 spiro atoms. The van der Waals surface area contributed by atoms with Crippen LogP contribution in [0.1, 0.15) is 73.0 Å². The van der Waals surface area contributed by atoms with Crippen LogP contribution in [-0.2, 0) is 11.3 Å². The number of hydrogen-bond acceptors (Lipinski definition) is 4. The minimum absolute atomic E-state index is 0.0876. The summed E-state index contributed by atoms with van der Waals surface area (Å²) in [4.78, 5) is 28.6. The molecule has 3 N–H and O–H groups in total. The number of anilines is 1. The second kappa shape index (κ2) is 10.4.